The number of nitrogens with two attached hydrogens (primary N) is 1. The van der Waals surface area contributed by atoms with Crippen molar-refractivity contribution in [3.63, 3.8) is 0 Å². The summed E-state index contributed by atoms with van der Waals surface area (Å²) in [5.74, 6) is 2.01. The fraction of sp³-hybridized carbons (Fsp3) is 0.786. The van der Waals surface area contributed by atoms with Crippen molar-refractivity contribution in [1.29, 1.82) is 0 Å². The molecule has 0 saturated carbocycles. The van der Waals surface area contributed by atoms with Crippen molar-refractivity contribution in [2.24, 2.45) is 0 Å². The van der Waals surface area contributed by atoms with Crippen LogP contribution in [0.15, 0.2) is 0 Å². The number of hydrogen-bond acceptors (Lipinski definition) is 2. The standard InChI is InChI=1S/C14H27N3/c1-6-8-9-11-12(15)17(10-7-2)13(16-11)14(3,4)5/h6-10,15H2,1-5H3. The average Bonchev–Trinajstić information content (AvgIpc) is 2.54. The first kappa shape index (κ1) is 14.1. The Hall–Kier alpha value is -0.990. The van der Waals surface area contributed by atoms with Crippen molar-refractivity contribution in [2.45, 2.75) is 72.3 Å². The zero-order valence-electron chi connectivity index (χ0n) is 12.0. The first-order valence-corrected chi connectivity index (χ1v) is 6.77. The van der Waals surface area contributed by atoms with Gasteiger partial charge in [-0.1, -0.05) is 41.0 Å². The van der Waals surface area contributed by atoms with Gasteiger partial charge in [0.05, 0.1) is 5.69 Å². The number of nitrogen functional groups attached to an aromatic ring is 1. The summed E-state index contributed by atoms with van der Waals surface area (Å²) in [6.07, 6.45) is 4.45. The van der Waals surface area contributed by atoms with Crippen molar-refractivity contribution in [2.75, 3.05) is 5.73 Å². The third-order valence-corrected chi connectivity index (χ3v) is 2.97. The van der Waals surface area contributed by atoms with Crippen LogP contribution in [0, 0.1) is 0 Å². The molecule has 1 aromatic rings. The second-order valence-corrected chi connectivity index (χ2v) is 5.77. The van der Waals surface area contributed by atoms with Crippen LogP contribution in [0.3, 0.4) is 0 Å². The van der Waals surface area contributed by atoms with E-state index in [1.807, 2.05) is 0 Å². The Balaban J connectivity index is 3.10. The summed E-state index contributed by atoms with van der Waals surface area (Å²) in [4.78, 5) is 4.78. The maximum Gasteiger partial charge on any atom is 0.126 e. The number of rotatable bonds is 5. The number of nitrogens with zero attached hydrogens (tertiary/aromatic N) is 2. The second-order valence-electron chi connectivity index (χ2n) is 5.77. The molecule has 0 aromatic carbocycles. The van der Waals surface area contributed by atoms with Gasteiger partial charge in [0.15, 0.2) is 0 Å². The molecule has 1 rings (SSSR count). The molecule has 0 spiro atoms. The molecule has 17 heavy (non-hydrogen) atoms. The molecule has 0 fully saturated rings. The second kappa shape index (κ2) is 5.56. The van der Waals surface area contributed by atoms with E-state index in [9.17, 15) is 0 Å². The Bertz CT molecular complexity index is 358. The van der Waals surface area contributed by atoms with Crippen LogP contribution in [0.4, 0.5) is 5.82 Å². The number of hydrogen-bond donors (Lipinski definition) is 1. The largest absolute Gasteiger partial charge is 0.384 e. The molecule has 0 aliphatic carbocycles. The molecule has 1 heterocycles. The van der Waals surface area contributed by atoms with E-state index in [4.69, 9.17) is 10.7 Å². The van der Waals surface area contributed by atoms with Gasteiger partial charge in [-0.2, -0.15) is 0 Å². The Morgan fingerprint density at radius 1 is 1.18 bits per heavy atom. The highest BCUT2D eigenvalue weighted by atomic mass is 15.1. The summed E-state index contributed by atoms with van der Waals surface area (Å²) in [5.41, 5.74) is 7.38. The van der Waals surface area contributed by atoms with Crippen LogP contribution in [0.1, 0.15) is 65.4 Å². The van der Waals surface area contributed by atoms with Crippen LogP contribution >= 0.6 is 0 Å². The van der Waals surface area contributed by atoms with Crippen LogP contribution in [0.2, 0.25) is 0 Å². The quantitative estimate of drug-likeness (QED) is 0.851. The molecule has 0 aliphatic rings. The first-order chi connectivity index (χ1) is 7.91. The van der Waals surface area contributed by atoms with Crippen molar-refractivity contribution in [3.8, 4) is 0 Å². The first-order valence-electron chi connectivity index (χ1n) is 6.77. The van der Waals surface area contributed by atoms with E-state index < -0.39 is 0 Å². The fourth-order valence-corrected chi connectivity index (χ4v) is 2.07. The summed E-state index contributed by atoms with van der Waals surface area (Å²) >= 11 is 0. The molecule has 0 radical (unpaired) electrons. The number of unbranched alkanes of at least 4 members (excludes halogenated alkanes) is 1. The molecular weight excluding hydrogens is 210 g/mol. The van der Waals surface area contributed by atoms with Crippen LogP contribution in [-0.2, 0) is 18.4 Å². The molecule has 0 bridgehead atoms. The summed E-state index contributed by atoms with van der Waals surface area (Å²) in [6.45, 7) is 11.9. The predicted octanol–water partition coefficient (Wildman–Crippen LogP) is 3.52. The van der Waals surface area contributed by atoms with Crippen molar-refractivity contribution in [1.82, 2.24) is 9.55 Å². The molecule has 0 amide bonds. The van der Waals surface area contributed by atoms with E-state index in [0.717, 1.165) is 43.1 Å². The highest BCUT2D eigenvalue weighted by molar-refractivity contribution is 5.39. The van der Waals surface area contributed by atoms with Crippen molar-refractivity contribution >= 4 is 5.82 Å². The van der Waals surface area contributed by atoms with Gasteiger partial charge < -0.3 is 10.3 Å². The SMILES string of the molecule is CCCCc1nc(C(C)(C)C)n(CCC)c1N. The van der Waals surface area contributed by atoms with Crippen LogP contribution in [-0.4, -0.2) is 9.55 Å². The Kier molecular flexibility index (Phi) is 4.61. The summed E-state index contributed by atoms with van der Waals surface area (Å²) in [7, 11) is 0. The van der Waals surface area contributed by atoms with E-state index in [1.54, 1.807) is 0 Å². The molecule has 3 heteroatoms. The summed E-state index contributed by atoms with van der Waals surface area (Å²) in [6, 6.07) is 0. The lowest BCUT2D eigenvalue weighted by atomic mass is 9.95. The minimum atomic E-state index is 0.0632. The maximum absolute atomic E-state index is 6.23. The summed E-state index contributed by atoms with van der Waals surface area (Å²) < 4.78 is 2.20. The van der Waals surface area contributed by atoms with E-state index in [1.165, 1.54) is 6.42 Å². The van der Waals surface area contributed by atoms with Crippen molar-refractivity contribution in [3.05, 3.63) is 11.5 Å². The number of imidazole rings is 1. The maximum atomic E-state index is 6.23. The predicted molar refractivity (Wildman–Crippen MR) is 74.2 cm³/mol. The van der Waals surface area contributed by atoms with Gasteiger partial charge in [0.1, 0.15) is 11.6 Å². The zero-order valence-corrected chi connectivity index (χ0v) is 12.0. The lowest BCUT2D eigenvalue weighted by molar-refractivity contribution is 0.497. The van der Waals surface area contributed by atoms with Crippen molar-refractivity contribution < 1.29 is 0 Å². The lowest BCUT2D eigenvalue weighted by Crippen LogP contribution is -2.19. The van der Waals surface area contributed by atoms with E-state index >= 15 is 0 Å². The van der Waals surface area contributed by atoms with Crippen LogP contribution < -0.4 is 5.73 Å². The number of anilines is 1. The Labute approximate surface area is 105 Å². The molecule has 3 nitrogen and oxygen atoms in total. The van der Waals surface area contributed by atoms with Crippen LogP contribution in [0.25, 0.3) is 0 Å². The third kappa shape index (κ3) is 3.24. The Morgan fingerprint density at radius 3 is 2.29 bits per heavy atom. The third-order valence-electron chi connectivity index (χ3n) is 2.97. The van der Waals surface area contributed by atoms with Gasteiger partial charge >= 0.3 is 0 Å². The average molecular weight is 237 g/mol. The normalized spacial score (nSPS) is 12.1. The highest BCUT2D eigenvalue weighted by Crippen LogP contribution is 2.27. The molecule has 0 saturated heterocycles. The van der Waals surface area contributed by atoms with Gasteiger partial charge in [-0.3, -0.25) is 0 Å². The lowest BCUT2D eigenvalue weighted by Gasteiger charge is -2.19. The van der Waals surface area contributed by atoms with Gasteiger partial charge in [-0.25, -0.2) is 4.98 Å². The van der Waals surface area contributed by atoms with Gasteiger partial charge in [-0.15, -0.1) is 0 Å². The fourth-order valence-electron chi connectivity index (χ4n) is 2.07. The molecule has 2 N–H and O–H groups in total. The topological polar surface area (TPSA) is 43.8 Å². The number of aromatic nitrogens is 2. The van der Waals surface area contributed by atoms with Gasteiger partial charge in [-0.05, 0) is 19.3 Å². The molecular formula is C14H27N3. The van der Waals surface area contributed by atoms with E-state index in [0.29, 0.717) is 0 Å². The smallest absolute Gasteiger partial charge is 0.126 e. The van der Waals surface area contributed by atoms with Gasteiger partial charge in [0.2, 0.25) is 0 Å². The van der Waals surface area contributed by atoms with E-state index in [2.05, 4.69) is 39.2 Å². The van der Waals surface area contributed by atoms with Gasteiger partial charge in [0, 0.05) is 12.0 Å². The summed E-state index contributed by atoms with van der Waals surface area (Å²) in [5, 5.41) is 0. The number of aryl methyl sites for hydroxylation is 1. The molecule has 0 atom stereocenters. The van der Waals surface area contributed by atoms with Gasteiger partial charge in [0.25, 0.3) is 0 Å². The minimum absolute atomic E-state index is 0.0632. The zero-order chi connectivity index (χ0) is 13.1. The monoisotopic (exact) mass is 237 g/mol. The van der Waals surface area contributed by atoms with E-state index in [-0.39, 0.29) is 5.41 Å². The highest BCUT2D eigenvalue weighted by Gasteiger charge is 2.24. The molecule has 0 aliphatic heterocycles. The van der Waals surface area contributed by atoms with Crippen LogP contribution in [0.5, 0.6) is 0 Å². The Morgan fingerprint density at radius 2 is 1.82 bits per heavy atom. The molecule has 98 valence electrons. The minimum Gasteiger partial charge on any atom is -0.384 e. The molecule has 1 aromatic heterocycles. The molecule has 0 unspecified atom stereocenters.